The average molecular weight is 296 g/mol. The highest BCUT2D eigenvalue weighted by Crippen LogP contribution is 2.13. The maximum Gasteiger partial charge on any atom is 0.235 e. The predicted octanol–water partition coefficient (Wildman–Crippen LogP) is 1.21. The van der Waals surface area contributed by atoms with E-state index in [1.54, 1.807) is 11.8 Å². The van der Waals surface area contributed by atoms with Gasteiger partial charge in [0.05, 0.1) is 11.8 Å². The van der Waals surface area contributed by atoms with Gasteiger partial charge < -0.3 is 9.47 Å². The van der Waals surface area contributed by atoms with E-state index in [9.17, 15) is 4.79 Å². The molecule has 1 saturated heterocycles. The molecule has 2 heterocycles. The fourth-order valence-electron chi connectivity index (χ4n) is 2.46. The molecule has 0 N–H and O–H groups in total. The zero-order chi connectivity index (χ0) is 14.5. The Morgan fingerprint density at radius 1 is 1.40 bits per heavy atom. The molecule has 1 fully saturated rings. The normalized spacial score (nSPS) is 18.9. The minimum Gasteiger partial charge on any atom is -0.340 e. The van der Waals surface area contributed by atoms with E-state index in [1.165, 1.54) is 0 Å². The third-order valence-electron chi connectivity index (χ3n) is 3.89. The van der Waals surface area contributed by atoms with E-state index in [4.69, 9.17) is 0 Å². The van der Waals surface area contributed by atoms with Crippen molar-refractivity contribution in [3.05, 3.63) is 18.2 Å². The molecule has 1 aromatic rings. The van der Waals surface area contributed by atoms with Gasteiger partial charge in [0.15, 0.2) is 0 Å². The van der Waals surface area contributed by atoms with Crippen LogP contribution in [-0.2, 0) is 18.4 Å². The lowest BCUT2D eigenvalue weighted by molar-refractivity contribution is -0.130. The van der Waals surface area contributed by atoms with E-state index in [2.05, 4.69) is 14.5 Å². The number of thioether (sulfide) groups is 1. The van der Waals surface area contributed by atoms with Crippen LogP contribution >= 0.6 is 11.8 Å². The molecule has 1 amide bonds. The molecule has 1 atom stereocenters. The summed E-state index contributed by atoms with van der Waals surface area (Å²) in [6.45, 7) is 6.52. The van der Waals surface area contributed by atoms with Crippen molar-refractivity contribution in [2.24, 2.45) is 7.05 Å². The minimum atomic E-state index is 0.0658. The summed E-state index contributed by atoms with van der Waals surface area (Å²) in [6, 6.07) is 0. The highest BCUT2D eigenvalue weighted by atomic mass is 32.2. The molecule has 0 saturated carbocycles. The van der Waals surface area contributed by atoms with Crippen molar-refractivity contribution in [3.8, 4) is 0 Å². The largest absolute Gasteiger partial charge is 0.340 e. The van der Waals surface area contributed by atoms with Crippen LogP contribution < -0.4 is 0 Å². The van der Waals surface area contributed by atoms with Crippen LogP contribution in [0.4, 0.5) is 0 Å². The highest BCUT2D eigenvalue weighted by molar-refractivity contribution is 7.99. The molecule has 2 rings (SSSR count). The topological polar surface area (TPSA) is 41.4 Å². The first kappa shape index (κ1) is 15.4. The summed E-state index contributed by atoms with van der Waals surface area (Å²) in [5.41, 5.74) is 0. The van der Waals surface area contributed by atoms with Crippen molar-refractivity contribution in [2.45, 2.75) is 25.1 Å². The van der Waals surface area contributed by atoms with Crippen LogP contribution in [0, 0.1) is 0 Å². The second-order valence-electron chi connectivity index (χ2n) is 5.29. The number of amides is 1. The number of nitrogens with zero attached hydrogens (tertiary/aromatic N) is 4. The summed E-state index contributed by atoms with van der Waals surface area (Å²) < 4.78 is 2.06. The van der Waals surface area contributed by atoms with Gasteiger partial charge in [-0.15, -0.1) is 0 Å². The highest BCUT2D eigenvalue weighted by Gasteiger charge is 2.23. The van der Waals surface area contributed by atoms with Crippen LogP contribution in [0.15, 0.2) is 12.4 Å². The molecule has 0 bridgehead atoms. The molecular formula is C14H24N4OS. The molecule has 5 nitrogen and oxygen atoms in total. The smallest absolute Gasteiger partial charge is 0.235 e. The number of aryl methyl sites for hydroxylation is 1. The molecule has 0 spiro atoms. The molecular weight excluding hydrogens is 272 g/mol. The second kappa shape index (κ2) is 7.13. The quantitative estimate of drug-likeness (QED) is 0.837. The third kappa shape index (κ3) is 3.76. The van der Waals surface area contributed by atoms with Gasteiger partial charge in [-0.1, -0.05) is 0 Å². The average Bonchev–Trinajstić information content (AvgIpc) is 2.72. The first-order chi connectivity index (χ1) is 9.61. The zero-order valence-electron chi connectivity index (χ0n) is 12.6. The lowest BCUT2D eigenvalue weighted by Crippen LogP contribution is -2.39. The van der Waals surface area contributed by atoms with E-state index in [0.29, 0.717) is 0 Å². The van der Waals surface area contributed by atoms with E-state index < -0.39 is 0 Å². The Morgan fingerprint density at radius 3 is 2.85 bits per heavy atom. The molecule has 6 heteroatoms. The molecule has 1 aliphatic heterocycles. The van der Waals surface area contributed by atoms with Crippen molar-refractivity contribution in [3.63, 3.8) is 0 Å². The van der Waals surface area contributed by atoms with Gasteiger partial charge >= 0.3 is 0 Å². The number of imidazole rings is 1. The molecule has 0 radical (unpaired) electrons. The van der Waals surface area contributed by atoms with E-state index in [0.717, 1.165) is 45.0 Å². The number of hydrogen-bond donors (Lipinski definition) is 0. The first-order valence-electron chi connectivity index (χ1n) is 7.12. The summed E-state index contributed by atoms with van der Waals surface area (Å²) in [6.07, 6.45) is 6.84. The molecule has 1 aliphatic rings. The maximum atomic E-state index is 12.2. The molecule has 1 aromatic heterocycles. The van der Waals surface area contributed by atoms with Crippen molar-refractivity contribution < 1.29 is 4.79 Å². The monoisotopic (exact) mass is 296 g/mol. The van der Waals surface area contributed by atoms with Gasteiger partial charge in [0.2, 0.25) is 5.91 Å². The fraction of sp³-hybridized carbons (Fsp3) is 0.714. The Kier molecular flexibility index (Phi) is 5.48. The van der Waals surface area contributed by atoms with Gasteiger partial charge in [-0.2, -0.15) is 11.8 Å². The fourth-order valence-corrected chi connectivity index (χ4v) is 2.81. The molecule has 20 heavy (non-hydrogen) atoms. The van der Waals surface area contributed by atoms with Gasteiger partial charge in [0, 0.05) is 45.6 Å². The van der Waals surface area contributed by atoms with Crippen molar-refractivity contribution in [2.75, 3.05) is 32.4 Å². The molecule has 0 unspecified atom stereocenters. The summed E-state index contributed by atoms with van der Waals surface area (Å²) in [7, 11) is 2.02. The summed E-state index contributed by atoms with van der Waals surface area (Å²) in [4.78, 5) is 21.0. The number of carbonyl (C=O) groups is 1. The number of hydrogen-bond acceptors (Lipinski definition) is 4. The Bertz CT molecular complexity index is 448. The summed E-state index contributed by atoms with van der Waals surface area (Å²) >= 11 is 1.62. The van der Waals surface area contributed by atoms with Crippen LogP contribution in [-0.4, -0.2) is 62.9 Å². The first-order valence-corrected chi connectivity index (χ1v) is 8.40. The van der Waals surface area contributed by atoms with Gasteiger partial charge in [-0.05, 0) is 19.6 Å². The van der Waals surface area contributed by atoms with E-state index in [1.807, 2.05) is 37.5 Å². The van der Waals surface area contributed by atoms with Gasteiger partial charge in [0.25, 0.3) is 0 Å². The summed E-state index contributed by atoms with van der Waals surface area (Å²) in [5.74, 6) is 1.36. The van der Waals surface area contributed by atoms with E-state index >= 15 is 0 Å². The Balaban J connectivity index is 1.89. The minimum absolute atomic E-state index is 0.0658. The van der Waals surface area contributed by atoms with Gasteiger partial charge in [0.1, 0.15) is 5.82 Å². The predicted molar refractivity (Wildman–Crippen MR) is 82.7 cm³/mol. The number of aromatic nitrogens is 2. The number of carbonyl (C=O) groups excluding carboxylic acids is 1. The number of rotatable bonds is 4. The van der Waals surface area contributed by atoms with Crippen LogP contribution in [0.5, 0.6) is 0 Å². The van der Waals surface area contributed by atoms with Crippen molar-refractivity contribution >= 4 is 17.7 Å². The van der Waals surface area contributed by atoms with E-state index in [-0.39, 0.29) is 11.2 Å². The van der Waals surface area contributed by atoms with Crippen molar-refractivity contribution in [1.82, 2.24) is 19.4 Å². The van der Waals surface area contributed by atoms with Crippen LogP contribution in [0.3, 0.4) is 0 Å². The zero-order valence-corrected chi connectivity index (χ0v) is 13.4. The van der Waals surface area contributed by atoms with Crippen molar-refractivity contribution in [1.29, 1.82) is 0 Å². The Hall–Kier alpha value is -1.01. The molecule has 0 aliphatic carbocycles. The third-order valence-corrected chi connectivity index (χ3v) is 4.80. The SMILES string of the molecule is CS[C@H](C)C(=O)N1CCCN(Cc2nccn2C)CC1. The van der Waals surface area contributed by atoms with Crippen LogP contribution in [0.25, 0.3) is 0 Å². The Morgan fingerprint density at radius 2 is 2.20 bits per heavy atom. The lowest BCUT2D eigenvalue weighted by Gasteiger charge is -2.24. The molecule has 112 valence electrons. The molecule has 0 aromatic carbocycles. The van der Waals surface area contributed by atoms with Crippen LogP contribution in [0.1, 0.15) is 19.2 Å². The van der Waals surface area contributed by atoms with Crippen LogP contribution in [0.2, 0.25) is 0 Å². The van der Waals surface area contributed by atoms with Gasteiger partial charge in [-0.25, -0.2) is 4.98 Å². The standard InChI is InChI=1S/C14H24N4OS/c1-12(20-3)14(19)18-7-4-6-17(9-10-18)11-13-15-5-8-16(13)2/h5,8,12H,4,6-7,9-11H2,1-3H3/t12-/m1/s1. The Labute approximate surface area is 125 Å². The summed E-state index contributed by atoms with van der Waals surface area (Å²) in [5, 5.41) is 0.0658. The van der Waals surface area contributed by atoms with Gasteiger partial charge in [-0.3, -0.25) is 9.69 Å². The maximum absolute atomic E-state index is 12.2. The lowest BCUT2D eigenvalue weighted by atomic mass is 10.3. The second-order valence-corrected chi connectivity index (χ2v) is 6.47.